The summed E-state index contributed by atoms with van der Waals surface area (Å²) in [6, 6.07) is 23.7. The zero-order chi connectivity index (χ0) is 21.3. The molecule has 0 radical (unpaired) electrons. The van der Waals surface area contributed by atoms with Crippen molar-refractivity contribution < 1.29 is 14.3 Å². The lowest BCUT2D eigenvalue weighted by Crippen LogP contribution is -2.32. The van der Waals surface area contributed by atoms with Gasteiger partial charge >= 0.3 is 11.8 Å². The number of benzene rings is 3. The van der Waals surface area contributed by atoms with E-state index < -0.39 is 11.8 Å². The third-order valence-electron chi connectivity index (χ3n) is 4.09. The smallest absolute Gasteiger partial charge is 0.329 e. The molecule has 3 aromatic rings. The van der Waals surface area contributed by atoms with E-state index in [2.05, 4.69) is 15.8 Å². The van der Waals surface area contributed by atoms with Gasteiger partial charge in [0.2, 0.25) is 0 Å². The number of para-hydroxylation sites is 1. The number of hydrogen-bond acceptors (Lipinski definition) is 5. The molecule has 0 saturated carbocycles. The van der Waals surface area contributed by atoms with Crippen LogP contribution in [0.25, 0.3) is 0 Å². The molecule has 0 heterocycles. The number of carbonyl (C=O) groups is 2. The molecule has 0 unspecified atom stereocenters. The van der Waals surface area contributed by atoms with Gasteiger partial charge in [-0.2, -0.15) is 5.10 Å². The Morgan fingerprint density at radius 2 is 1.47 bits per heavy atom. The number of amides is 2. The van der Waals surface area contributed by atoms with Crippen molar-refractivity contribution in [1.29, 1.82) is 0 Å². The summed E-state index contributed by atoms with van der Waals surface area (Å²) in [5.41, 5.74) is 4.54. The molecule has 0 fully saturated rings. The number of hydrogen-bond donors (Lipinski definition) is 2. The standard InChI is InChI=1S/C23H22N4O3/c1-27(2)19-12-8-17(9-13-19)16-24-26-23(29)22(28)25-18-10-14-21(15-11-18)30-20-6-4-3-5-7-20/h3-16H,1-2H3,(H,25,28)(H,26,29)/b24-16+. The maximum atomic E-state index is 12.0. The fourth-order valence-corrected chi connectivity index (χ4v) is 2.49. The number of hydrazone groups is 1. The predicted molar refractivity (Wildman–Crippen MR) is 118 cm³/mol. The number of anilines is 2. The lowest BCUT2D eigenvalue weighted by molar-refractivity contribution is -0.136. The summed E-state index contributed by atoms with van der Waals surface area (Å²) < 4.78 is 5.69. The molecule has 3 rings (SSSR count). The van der Waals surface area contributed by atoms with Crippen LogP contribution in [0, 0.1) is 0 Å². The first-order valence-electron chi connectivity index (χ1n) is 9.26. The van der Waals surface area contributed by atoms with Gasteiger partial charge in [0.1, 0.15) is 11.5 Å². The Balaban J connectivity index is 1.49. The maximum absolute atomic E-state index is 12.0. The minimum absolute atomic E-state index is 0.471. The van der Waals surface area contributed by atoms with E-state index in [1.807, 2.05) is 73.6 Å². The molecule has 152 valence electrons. The second-order valence-corrected chi connectivity index (χ2v) is 6.58. The normalized spacial score (nSPS) is 10.5. The number of nitrogens with one attached hydrogen (secondary N) is 2. The van der Waals surface area contributed by atoms with Crippen LogP contribution in [0.5, 0.6) is 11.5 Å². The van der Waals surface area contributed by atoms with Gasteiger partial charge in [-0.25, -0.2) is 5.43 Å². The minimum Gasteiger partial charge on any atom is -0.457 e. The van der Waals surface area contributed by atoms with Crippen molar-refractivity contribution in [2.24, 2.45) is 5.10 Å². The first-order chi connectivity index (χ1) is 14.5. The number of ether oxygens (including phenoxy) is 1. The molecule has 2 N–H and O–H groups in total. The highest BCUT2D eigenvalue weighted by atomic mass is 16.5. The molecule has 0 bridgehead atoms. The van der Waals surface area contributed by atoms with Crippen LogP contribution in [0.4, 0.5) is 11.4 Å². The highest BCUT2D eigenvalue weighted by Crippen LogP contribution is 2.22. The van der Waals surface area contributed by atoms with E-state index in [9.17, 15) is 9.59 Å². The molecular weight excluding hydrogens is 380 g/mol. The molecule has 0 aliphatic heterocycles. The molecule has 7 nitrogen and oxygen atoms in total. The van der Waals surface area contributed by atoms with Gasteiger partial charge < -0.3 is 15.0 Å². The summed E-state index contributed by atoms with van der Waals surface area (Å²) in [4.78, 5) is 25.9. The molecule has 2 amide bonds. The van der Waals surface area contributed by atoms with Crippen molar-refractivity contribution in [3.63, 3.8) is 0 Å². The Hall–Kier alpha value is -4.13. The zero-order valence-corrected chi connectivity index (χ0v) is 16.7. The van der Waals surface area contributed by atoms with Gasteiger partial charge in [0.15, 0.2) is 0 Å². The number of carbonyl (C=O) groups excluding carboxylic acids is 2. The summed E-state index contributed by atoms with van der Waals surface area (Å²) in [5.74, 6) is -0.343. The number of rotatable bonds is 6. The largest absolute Gasteiger partial charge is 0.457 e. The van der Waals surface area contributed by atoms with Crippen LogP contribution >= 0.6 is 0 Å². The first kappa shape index (κ1) is 20.6. The van der Waals surface area contributed by atoms with Gasteiger partial charge in [-0.1, -0.05) is 30.3 Å². The van der Waals surface area contributed by atoms with E-state index in [0.717, 1.165) is 11.3 Å². The summed E-state index contributed by atoms with van der Waals surface area (Å²) >= 11 is 0. The zero-order valence-electron chi connectivity index (χ0n) is 16.7. The molecule has 30 heavy (non-hydrogen) atoms. The van der Waals surface area contributed by atoms with Crippen molar-refractivity contribution >= 4 is 29.4 Å². The summed E-state index contributed by atoms with van der Waals surface area (Å²) in [7, 11) is 3.90. The van der Waals surface area contributed by atoms with Crippen LogP contribution in [-0.4, -0.2) is 32.1 Å². The monoisotopic (exact) mass is 402 g/mol. The molecule has 0 aromatic heterocycles. The molecule has 0 aliphatic rings. The van der Waals surface area contributed by atoms with Crippen LogP contribution in [-0.2, 0) is 9.59 Å². The van der Waals surface area contributed by atoms with Crippen LogP contribution in [0.15, 0.2) is 84.0 Å². The predicted octanol–water partition coefficient (Wildman–Crippen LogP) is 3.63. The SMILES string of the molecule is CN(C)c1ccc(/C=N/NC(=O)C(=O)Nc2ccc(Oc3ccccc3)cc2)cc1. The van der Waals surface area contributed by atoms with E-state index in [0.29, 0.717) is 17.2 Å². The van der Waals surface area contributed by atoms with Crippen LogP contribution < -0.4 is 20.4 Å². The Morgan fingerprint density at radius 1 is 0.833 bits per heavy atom. The van der Waals surface area contributed by atoms with Gasteiger partial charge in [-0.05, 0) is 54.1 Å². The van der Waals surface area contributed by atoms with Crippen molar-refractivity contribution in [3.8, 4) is 11.5 Å². The Bertz CT molecular complexity index is 1010. The van der Waals surface area contributed by atoms with E-state index >= 15 is 0 Å². The molecule has 7 heteroatoms. The second kappa shape index (κ2) is 9.88. The van der Waals surface area contributed by atoms with Crippen molar-refractivity contribution in [2.45, 2.75) is 0 Å². The highest BCUT2D eigenvalue weighted by molar-refractivity contribution is 6.39. The van der Waals surface area contributed by atoms with Gasteiger partial charge in [0.05, 0.1) is 6.21 Å². The van der Waals surface area contributed by atoms with Gasteiger partial charge in [-0.15, -0.1) is 0 Å². The lowest BCUT2D eigenvalue weighted by Gasteiger charge is -2.11. The Labute approximate surface area is 175 Å². The van der Waals surface area contributed by atoms with Gasteiger partial charge in [-0.3, -0.25) is 9.59 Å². The minimum atomic E-state index is -0.860. The molecule has 0 aliphatic carbocycles. The number of nitrogens with zero attached hydrogens (tertiary/aromatic N) is 2. The Morgan fingerprint density at radius 3 is 2.10 bits per heavy atom. The first-order valence-corrected chi connectivity index (χ1v) is 9.26. The van der Waals surface area contributed by atoms with Gasteiger partial charge in [0, 0.05) is 25.5 Å². The third-order valence-corrected chi connectivity index (χ3v) is 4.09. The van der Waals surface area contributed by atoms with Crippen LogP contribution in [0.1, 0.15) is 5.56 Å². The second-order valence-electron chi connectivity index (χ2n) is 6.58. The van der Waals surface area contributed by atoms with Crippen molar-refractivity contribution in [3.05, 3.63) is 84.4 Å². The average molecular weight is 402 g/mol. The molecule has 0 atom stereocenters. The summed E-state index contributed by atoms with van der Waals surface area (Å²) in [5, 5.41) is 6.34. The Kier molecular flexibility index (Phi) is 6.78. The van der Waals surface area contributed by atoms with E-state index in [1.165, 1.54) is 6.21 Å². The average Bonchev–Trinajstić information content (AvgIpc) is 2.76. The fraction of sp³-hybridized carbons (Fsp3) is 0.0870. The summed E-state index contributed by atoms with van der Waals surface area (Å²) in [6.45, 7) is 0. The molecule has 0 saturated heterocycles. The lowest BCUT2D eigenvalue weighted by atomic mass is 10.2. The van der Waals surface area contributed by atoms with E-state index in [1.54, 1.807) is 24.3 Å². The van der Waals surface area contributed by atoms with Crippen LogP contribution in [0.3, 0.4) is 0 Å². The maximum Gasteiger partial charge on any atom is 0.329 e. The quantitative estimate of drug-likeness (QED) is 0.375. The highest BCUT2D eigenvalue weighted by Gasteiger charge is 2.12. The topological polar surface area (TPSA) is 83.0 Å². The van der Waals surface area contributed by atoms with Crippen molar-refractivity contribution in [1.82, 2.24) is 5.43 Å². The van der Waals surface area contributed by atoms with Gasteiger partial charge in [0.25, 0.3) is 0 Å². The molecule has 3 aromatic carbocycles. The third kappa shape index (κ3) is 5.93. The molecule has 0 spiro atoms. The fourth-order valence-electron chi connectivity index (χ4n) is 2.49. The van der Waals surface area contributed by atoms with E-state index in [4.69, 9.17) is 4.74 Å². The van der Waals surface area contributed by atoms with E-state index in [-0.39, 0.29) is 0 Å². The summed E-state index contributed by atoms with van der Waals surface area (Å²) in [6.07, 6.45) is 1.47. The van der Waals surface area contributed by atoms with Crippen LogP contribution in [0.2, 0.25) is 0 Å². The molecular formula is C23H22N4O3. The van der Waals surface area contributed by atoms with Crippen molar-refractivity contribution in [2.75, 3.05) is 24.3 Å².